The summed E-state index contributed by atoms with van der Waals surface area (Å²) in [6.45, 7) is -0.825. The summed E-state index contributed by atoms with van der Waals surface area (Å²) in [7, 11) is 0. The van der Waals surface area contributed by atoms with Gasteiger partial charge in [-0.3, -0.25) is 14.9 Å². The molecular weight excluding hydrogens is 448 g/mol. The zero-order valence-electron chi connectivity index (χ0n) is 14.6. The van der Waals surface area contributed by atoms with Gasteiger partial charge in [0.15, 0.2) is 21.8 Å². The number of amides is 2. The average molecular weight is 467 g/mol. The standard InChI is InChI=1S/C16H18BrClN2O7/c1-7(21)19-12(23)11(22)15(26,13(24)16(17,27)14(18)25)10-6-8-4-2-3-5-9(8)20-10/h2-6,11,13-14,20,22,24-27H,1H3,(H,19,21,23)/t11-,13-,14?,15+,16-/m0/s1/i1D. The highest BCUT2D eigenvalue weighted by Gasteiger charge is 2.58. The number of halogens is 2. The molecule has 2 amide bonds. The van der Waals surface area contributed by atoms with Crippen LogP contribution in [-0.2, 0) is 15.2 Å². The Bertz CT molecular complexity index is 845. The van der Waals surface area contributed by atoms with Crippen molar-refractivity contribution < 1.29 is 36.5 Å². The van der Waals surface area contributed by atoms with Crippen LogP contribution in [0.25, 0.3) is 10.9 Å². The monoisotopic (exact) mass is 465 g/mol. The summed E-state index contributed by atoms with van der Waals surface area (Å²) in [5, 5.41) is 54.2. The smallest absolute Gasteiger partial charge is 0.258 e. The van der Waals surface area contributed by atoms with Crippen molar-refractivity contribution in [1.82, 2.24) is 10.3 Å². The fraction of sp³-hybridized carbons (Fsp3) is 0.375. The van der Waals surface area contributed by atoms with Gasteiger partial charge in [-0.05, 0) is 33.4 Å². The van der Waals surface area contributed by atoms with Gasteiger partial charge in [0, 0.05) is 13.8 Å². The lowest BCUT2D eigenvalue weighted by molar-refractivity contribution is -0.203. The van der Waals surface area contributed by atoms with Gasteiger partial charge < -0.3 is 30.5 Å². The van der Waals surface area contributed by atoms with Crippen LogP contribution in [0, 0.1) is 0 Å². The van der Waals surface area contributed by atoms with Crippen molar-refractivity contribution in [3.63, 3.8) is 0 Å². The zero-order chi connectivity index (χ0) is 21.3. The van der Waals surface area contributed by atoms with Crippen LogP contribution in [0.3, 0.4) is 0 Å². The molecule has 1 aromatic carbocycles. The van der Waals surface area contributed by atoms with E-state index in [2.05, 4.69) is 20.9 Å². The number of hydrogen-bond acceptors (Lipinski definition) is 7. The predicted molar refractivity (Wildman–Crippen MR) is 98.8 cm³/mol. The summed E-state index contributed by atoms with van der Waals surface area (Å²) >= 11 is 8.02. The van der Waals surface area contributed by atoms with Gasteiger partial charge in [-0.2, -0.15) is 0 Å². The summed E-state index contributed by atoms with van der Waals surface area (Å²) in [5.74, 6) is -2.51. The van der Waals surface area contributed by atoms with Gasteiger partial charge in [0.2, 0.25) is 5.91 Å². The molecule has 7 N–H and O–H groups in total. The predicted octanol–water partition coefficient (Wildman–Crippen LogP) is -0.619. The molecule has 0 aliphatic heterocycles. The molecule has 0 fully saturated rings. The molecule has 1 heterocycles. The van der Waals surface area contributed by atoms with Crippen LogP contribution in [0.2, 0.25) is 0 Å². The molecule has 148 valence electrons. The Kier molecular flexibility index (Phi) is 5.87. The number of hydrogen-bond donors (Lipinski definition) is 7. The largest absolute Gasteiger partial charge is 0.385 e. The maximum absolute atomic E-state index is 12.2. The number of alkyl halides is 2. The second-order valence-electron chi connectivity index (χ2n) is 5.88. The van der Waals surface area contributed by atoms with E-state index in [0.29, 0.717) is 10.9 Å². The van der Waals surface area contributed by atoms with Crippen molar-refractivity contribution in [2.45, 2.75) is 34.8 Å². The van der Waals surface area contributed by atoms with Crippen molar-refractivity contribution in [3.05, 3.63) is 36.0 Å². The van der Waals surface area contributed by atoms with Gasteiger partial charge in [0.1, 0.15) is 6.10 Å². The lowest BCUT2D eigenvalue weighted by atomic mass is 9.83. The number of imide groups is 1. The number of carbonyl (C=O) groups is 2. The zero-order valence-corrected chi connectivity index (χ0v) is 16.0. The summed E-state index contributed by atoms with van der Waals surface area (Å²) in [6, 6.07) is 7.88. The third-order valence-corrected chi connectivity index (χ3v) is 5.49. The molecule has 0 aliphatic rings. The Morgan fingerprint density at radius 3 is 2.48 bits per heavy atom. The maximum atomic E-state index is 12.2. The van der Waals surface area contributed by atoms with Crippen LogP contribution < -0.4 is 5.32 Å². The minimum Gasteiger partial charge on any atom is -0.385 e. The summed E-state index contributed by atoms with van der Waals surface area (Å²) < 4.78 is 4.15. The third-order valence-electron chi connectivity index (χ3n) is 4.02. The van der Waals surface area contributed by atoms with Crippen molar-refractivity contribution in [1.29, 1.82) is 0 Å². The maximum Gasteiger partial charge on any atom is 0.258 e. The lowest BCUT2D eigenvalue weighted by Gasteiger charge is -2.41. The van der Waals surface area contributed by atoms with Crippen molar-refractivity contribution >= 4 is 50.2 Å². The highest BCUT2D eigenvalue weighted by molar-refractivity contribution is 9.10. The second kappa shape index (κ2) is 7.84. The molecule has 2 rings (SSSR count). The highest BCUT2D eigenvalue weighted by Crippen LogP contribution is 2.40. The number of H-pyrrole nitrogens is 1. The molecule has 27 heavy (non-hydrogen) atoms. The first-order valence-corrected chi connectivity index (χ1v) is 8.72. The number of para-hydroxylation sites is 1. The number of aliphatic hydroxyl groups is 5. The molecule has 1 aromatic heterocycles. The van der Waals surface area contributed by atoms with E-state index in [0.717, 1.165) is 0 Å². The fourth-order valence-electron chi connectivity index (χ4n) is 2.58. The van der Waals surface area contributed by atoms with Gasteiger partial charge >= 0.3 is 0 Å². The summed E-state index contributed by atoms with van der Waals surface area (Å²) in [5.41, 5.74) is -4.97. The molecule has 0 radical (unpaired) electrons. The number of aliphatic hydroxyl groups excluding tert-OH is 3. The van der Waals surface area contributed by atoms with Crippen LogP contribution in [0.1, 0.15) is 14.0 Å². The number of aromatic amines is 1. The Morgan fingerprint density at radius 2 is 1.93 bits per heavy atom. The molecule has 2 aromatic rings. The van der Waals surface area contributed by atoms with Crippen LogP contribution in [0.4, 0.5) is 0 Å². The van der Waals surface area contributed by atoms with Crippen molar-refractivity contribution in [3.8, 4) is 0 Å². The summed E-state index contributed by atoms with van der Waals surface area (Å²) in [4.78, 5) is 26.2. The Morgan fingerprint density at radius 1 is 1.30 bits per heavy atom. The molecule has 1 unspecified atom stereocenters. The van der Waals surface area contributed by atoms with Crippen LogP contribution in [0.5, 0.6) is 0 Å². The second-order valence-corrected chi connectivity index (χ2v) is 7.56. The highest BCUT2D eigenvalue weighted by atomic mass is 79.9. The van der Waals surface area contributed by atoms with Gasteiger partial charge in [-0.1, -0.05) is 29.8 Å². The normalized spacial score (nSPS) is 20.0. The average Bonchev–Trinajstić information content (AvgIpc) is 3.10. The van der Waals surface area contributed by atoms with Crippen molar-refractivity contribution in [2.24, 2.45) is 0 Å². The van der Waals surface area contributed by atoms with Crippen molar-refractivity contribution in [2.75, 3.05) is 0 Å². The number of fused-ring (bicyclic) bond motifs is 1. The minimum absolute atomic E-state index is 0.308. The Hall–Kier alpha value is -1.53. The molecule has 5 atom stereocenters. The molecule has 0 spiro atoms. The third kappa shape index (κ3) is 4.02. The molecule has 11 heteroatoms. The van der Waals surface area contributed by atoms with E-state index in [1.165, 1.54) is 6.07 Å². The lowest BCUT2D eigenvalue weighted by Crippen LogP contribution is -2.63. The van der Waals surface area contributed by atoms with E-state index in [1.807, 2.05) is 0 Å². The first-order chi connectivity index (χ1) is 13.0. The molecule has 9 nitrogen and oxygen atoms in total. The van der Waals surface area contributed by atoms with Crippen LogP contribution in [-0.4, -0.2) is 64.6 Å². The van der Waals surface area contributed by atoms with E-state index in [1.54, 1.807) is 29.6 Å². The van der Waals surface area contributed by atoms with E-state index in [9.17, 15) is 35.1 Å². The Balaban J connectivity index is 2.60. The first-order valence-electron chi connectivity index (χ1n) is 8.20. The Labute approximate surface area is 168 Å². The molecular formula is C16H18BrClN2O7. The number of aromatic nitrogens is 1. The van der Waals surface area contributed by atoms with E-state index in [-0.39, 0.29) is 5.69 Å². The number of benzene rings is 1. The van der Waals surface area contributed by atoms with Gasteiger partial charge in [0.05, 0.1) is 5.69 Å². The SMILES string of the molecule is [2H]CC(=O)NC(=O)[C@H](O)[C@](O)(c1cc2ccccc2[nH]1)[C@H](O)[C@@](O)(Br)C(O)Cl. The van der Waals surface area contributed by atoms with E-state index in [4.69, 9.17) is 13.0 Å². The number of carbonyl (C=O) groups excluding carboxylic acids is 2. The first kappa shape index (κ1) is 20.2. The molecule has 0 bridgehead atoms. The van der Waals surface area contributed by atoms with Crippen LogP contribution >= 0.6 is 27.5 Å². The molecule has 0 aliphatic carbocycles. The summed E-state index contributed by atoms with van der Waals surface area (Å²) in [6.07, 6.45) is -4.97. The minimum atomic E-state index is -2.96. The van der Waals surface area contributed by atoms with Crippen LogP contribution in [0.15, 0.2) is 30.3 Å². The van der Waals surface area contributed by atoms with Gasteiger partial charge in [0.25, 0.3) is 5.91 Å². The number of rotatable bonds is 6. The van der Waals surface area contributed by atoms with Gasteiger partial charge in [-0.15, -0.1) is 0 Å². The van der Waals surface area contributed by atoms with E-state index < -0.39 is 46.6 Å². The quantitative estimate of drug-likeness (QED) is 0.279. The fourth-order valence-corrected chi connectivity index (χ4v) is 3.05. The number of nitrogens with one attached hydrogen (secondary N) is 2. The van der Waals surface area contributed by atoms with E-state index >= 15 is 0 Å². The topological polar surface area (TPSA) is 163 Å². The van der Waals surface area contributed by atoms with Gasteiger partial charge in [-0.25, -0.2) is 0 Å². The molecule has 0 saturated carbocycles. The molecule has 0 saturated heterocycles.